The van der Waals surface area contributed by atoms with Crippen LogP contribution in [-0.2, 0) is 21.9 Å². The number of hydrogen-bond donors (Lipinski definition) is 3. The molecule has 0 aliphatic carbocycles. The molecule has 1 atom stereocenters. The van der Waals surface area contributed by atoms with Crippen LogP contribution in [0.2, 0.25) is 0 Å². The quantitative estimate of drug-likeness (QED) is 0.630. The molecule has 1 amide bonds. The van der Waals surface area contributed by atoms with Gasteiger partial charge in [0.25, 0.3) is 0 Å². The van der Waals surface area contributed by atoms with Crippen molar-refractivity contribution in [3.63, 3.8) is 0 Å². The predicted molar refractivity (Wildman–Crippen MR) is 84.8 cm³/mol. The number of carbonyl (C=O) groups is 1. The van der Waals surface area contributed by atoms with E-state index in [2.05, 4.69) is 15.1 Å². The Bertz CT molecular complexity index is 758. The van der Waals surface area contributed by atoms with Crippen molar-refractivity contribution < 1.29 is 13.2 Å². The molecule has 23 heavy (non-hydrogen) atoms. The smallest absolute Gasteiger partial charge is 0.244 e. The van der Waals surface area contributed by atoms with Gasteiger partial charge in [0.2, 0.25) is 15.9 Å². The van der Waals surface area contributed by atoms with E-state index in [1.54, 1.807) is 7.05 Å². The van der Waals surface area contributed by atoms with Crippen molar-refractivity contribution in [2.75, 3.05) is 13.1 Å². The number of aryl methyl sites for hydroxylation is 1. The molecule has 1 aromatic heterocycles. The normalized spacial score (nSPS) is 12.8. The van der Waals surface area contributed by atoms with Crippen LogP contribution in [0.3, 0.4) is 0 Å². The molecule has 2 rings (SSSR count). The Kier molecular flexibility index (Phi) is 5.48. The molecule has 1 aromatic carbocycles. The molecule has 2 aromatic rings. The van der Waals surface area contributed by atoms with E-state index in [4.69, 9.17) is 5.73 Å². The van der Waals surface area contributed by atoms with Gasteiger partial charge in [0.1, 0.15) is 4.90 Å². The molecule has 0 fully saturated rings. The molecule has 0 spiro atoms. The standard InChI is InChI=1S/C14H19N5O3S/c1-19-10-12(7-17-19)23(21,22)18-9-14(20)16-8-13(15)11-5-3-2-4-6-11/h2-7,10,13,18H,8-9,15H2,1H3,(H,16,20). The minimum atomic E-state index is -3.75. The van der Waals surface area contributed by atoms with Gasteiger partial charge in [-0.25, -0.2) is 13.1 Å². The highest BCUT2D eigenvalue weighted by molar-refractivity contribution is 7.89. The minimum Gasteiger partial charge on any atom is -0.353 e. The largest absolute Gasteiger partial charge is 0.353 e. The van der Waals surface area contributed by atoms with Crippen molar-refractivity contribution in [2.45, 2.75) is 10.9 Å². The van der Waals surface area contributed by atoms with Gasteiger partial charge in [-0.2, -0.15) is 5.10 Å². The number of benzene rings is 1. The van der Waals surface area contributed by atoms with Crippen LogP contribution >= 0.6 is 0 Å². The Morgan fingerprint density at radius 1 is 1.35 bits per heavy atom. The van der Waals surface area contributed by atoms with E-state index < -0.39 is 15.9 Å². The molecule has 1 heterocycles. The fourth-order valence-corrected chi connectivity index (χ4v) is 2.85. The summed E-state index contributed by atoms with van der Waals surface area (Å²) in [4.78, 5) is 11.8. The highest BCUT2D eigenvalue weighted by Crippen LogP contribution is 2.08. The van der Waals surface area contributed by atoms with E-state index in [-0.39, 0.29) is 24.0 Å². The Balaban J connectivity index is 1.81. The first-order valence-corrected chi connectivity index (χ1v) is 8.42. The van der Waals surface area contributed by atoms with E-state index in [1.807, 2.05) is 30.3 Å². The average molecular weight is 337 g/mol. The molecule has 0 aliphatic heterocycles. The fourth-order valence-electron chi connectivity index (χ4n) is 1.89. The first kappa shape index (κ1) is 17.1. The predicted octanol–water partition coefficient (Wildman–Crippen LogP) is -0.485. The Labute approximate surface area is 134 Å². The van der Waals surface area contributed by atoms with Gasteiger partial charge < -0.3 is 11.1 Å². The topological polar surface area (TPSA) is 119 Å². The summed E-state index contributed by atoms with van der Waals surface area (Å²) >= 11 is 0. The first-order valence-electron chi connectivity index (χ1n) is 6.94. The van der Waals surface area contributed by atoms with E-state index in [1.165, 1.54) is 17.1 Å². The van der Waals surface area contributed by atoms with Crippen molar-refractivity contribution >= 4 is 15.9 Å². The van der Waals surface area contributed by atoms with Gasteiger partial charge in [0.15, 0.2) is 0 Å². The number of nitrogens with zero attached hydrogens (tertiary/aromatic N) is 2. The average Bonchev–Trinajstić information content (AvgIpc) is 2.99. The SMILES string of the molecule is Cn1cc(S(=O)(=O)NCC(=O)NCC(N)c2ccccc2)cn1. The molecule has 0 radical (unpaired) electrons. The molecule has 0 aliphatic rings. The summed E-state index contributed by atoms with van der Waals surface area (Å²) in [6.45, 7) is -0.143. The highest BCUT2D eigenvalue weighted by atomic mass is 32.2. The van der Waals surface area contributed by atoms with Gasteiger partial charge >= 0.3 is 0 Å². The Morgan fingerprint density at radius 2 is 2.04 bits per heavy atom. The number of carbonyl (C=O) groups excluding carboxylic acids is 1. The number of nitrogens with one attached hydrogen (secondary N) is 2. The van der Waals surface area contributed by atoms with Crippen LogP contribution in [0.4, 0.5) is 0 Å². The van der Waals surface area contributed by atoms with Gasteiger partial charge in [0.05, 0.1) is 12.7 Å². The number of rotatable bonds is 7. The first-order chi connectivity index (χ1) is 10.9. The molecule has 124 valence electrons. The van der Waals surface area contributed by atoms with Crippen LogP contribution in [0, 0.1) is 0 Å². The zero-order chi connectivity index (χ0) is 16.9. The number of nitrogens with two attached hydrogens (primary N) is 1. The summed E-state index contributed by atoms with van der Waals surface area (Å²) in [6.07, 6.45) is 2.57. The summed E-state index contributed by atoms with van der Waals surface area (Å²) in [7, 11) is -2.14. The molecule has 0 saturated heterocycles. The van der Waals surface area contributed by atoms with Crippen molar-refractivity contribution in [1.29, 1.82) is 0 Å². The lowest BCUT2D eigenvalue weighted by Crippen LogP contribution is -2.39. The number of aromatic nitrogens is 2. The second-order valence-electron chi connectivity index (χ2n) is 5.00. The Morgan fingerprint density at radius 3 is 2.65 bits per heavy atom. The zero-order valence-electron chi connectivity index (χ0n) is 12.6. The van der Waals surface area contributed by atoms with Gasteiger partial charge in [-0.3, -0.25) is 9.48 Å². The van der Waals surface area contributed by atoms with Crippen molar-refractivity contribution in [3.05, 3.63) is 48.3 Å². The molecule has 9 heteroatoms. The second kappa shape index (κ2) is 7.36. The zero-order valence-corrected chi connectivity index (χ0v) is 13.5. The molecule has 8 nitrogen and oxygen atoms in total. The van der Waals surface area contributed by atoms with E-state index >= 15 is 0 Å². The summed E-state index contributed by atoms with van der Waals surface area (Å²) in [6, 6.07) is 8.97. The second-order valence-corrected chi connectivity index (χ2v) is 6.76. The van der Waals surface area contributed by atoms with Crippen LogP contribution in [0.5, 0.6) is 0 Å². The molecule has 4 N–H and O–H groups in total. The number of amides is 1. The van der Waals surface area contributed by atoms with E-state index in [0.29, 0.717) is 0 Å². The third-order valence-corrected chi connectivity index (χ3v) is 4.52. The lowest BCUT2D eigenvalue weighted by molar-refractivity contribution is -0.120. The fraction of sp³-hybridized carbons (Fsp3) is 0.286. The molecule has 0 saturated carbocycles. The Hall–Kier alpha value is -2.23. The lowest BCUT2D eigenvalue weighted by atomic mass is 10.1. The maximum absolute atomic E-state index is 11.9. The van der Waals surface area contributed by atoms with Crippen molar-refractivity contribution in [2.24, 2.45) is 12.8 Å². The maximum atomic E-state index is 11.9. The molecule has 1 unspecified atom stereocenters. The summed E-state index contributed by atoms with van der Waals surface area (Å²) in [5, 5.41) is 6.38. The van der Waals surface area contributed by atoms with Crippen LogP contribution in [-0.4, -0.2) is 37.2 Å². The van der Waals surface area contributed by atoms with Crippen molar-refractivity contribution in [1.82, 2.24) is 19.8 Å². The summed E-state index contributed by atoms with van der Waals surface area (Å²) in [5.74, 6) is -0.455. The van der Waals surface area contributed by atoms with Gasteiger partial charge in [-0.15, -0.1) is 0 Å². The van der Waals surface area contributed by atoms with Crippen molar-refractivity contribution in [3.8, 4) is 0 Å². The molecular formula is C14H19N5O3S. The number of hydrogen-bond acceptors (Lipinski definition) is 5. The third kappa shape index (κ3) is 4.88. The molecular weight excluding hydrogens is 318 g/mol. The minimum absolute atomic E-state index is 0.00814. The molecule has 0 bridgehead atoms. The maximum Gasteiger partial charge on any atom is 0.244 e. The number of sulfonamides is 1. The summed E-state index contributed by atoms with van der Waals surface area (Å²) < 4.78 is 27.5. The van der Waals surface area contributed by atoms with Gasteiger partial charge in [-0.05, 0) is 5.56 Å². The van der Waals surface area contributed by atoms with Crippen LogP contribution in [0.1, 0.15) is 11.6 Å². The summed E-state index contributed by atoms with van der Waals surface area (Å²) in [5.41, 5.74) is 6.85. The highest BCUT2D eigenvalue weighted by Gasteiger charge is 2.17. The third-order valence-electron chi connectivity index (χ3n) is 3.16. The van der Waals surface area contributed by atoms with Crippen LogP contribution < -0.4 is 15.8 Å². The van der Waals surface area contributed by atoms with Gasteiger partial charge in [-0.1, -0.05) is 30.3 Å². The van der Waals surface area contributed by atoms with E-state index in [0.717, 1.165) is 5.56 Å². The van der Waals surface area contributed by atoms with Crippen LogP contribution in [0.25, 0.3) is 0 Å². The van der Waals surface area contributed by atoms with E-state index in [9.17, 15) is 13.2 Å². The van der Waals surface area contributed by atoms with Gasteiger partial charge in [0, 0.05) is 25.8 Å². The van der Waals surface area contributed by atoms with Crippen LogP contribution in [0.15, 0.2) is 47.6 Å². The lowest BCUT2D eigenvalue weighted by Gasteiger charge is -2.13. The monoisotopic (exact) mass is 337 g/mol.